The Morgan fingerprint density at radius 3 is 2.90 bits per heavy atom. The number of hydrogen-bond donors (Lipinski definition) is 1. The van der Waals surface area contributed by atoms with E-state index >= 15 is 0 Å². The summed E-state index contributed by atoms with van der Waals surface area (Å²) in [6.07, 6.45) is 1.99. The summed E-state index contributed by atoms with van der Waals surface area (Å²) in [5.74, 6) is -0.0139. The molecule has 1 heterocycles. The Bertz CT molecular complexity index is 462. The molecule has 0 amide bonds. The van der Waals surface area contributed by atoms with E-state index in [0.29, 0.717) is 50.3 Å². The molecule has 0 bridgehead atoms. The van der Waals surface area contributed by atoms with Gasteiger partial charge in [0.05, 0.1) is 31.7 Å². The second kappa shape index (κ2) is 7.51. The van der Waals surface area contributed by atoms with E-state index in [1.807, 2.05) is 0 Å². The van der Waals surface area contributed by atoms with E-state index in [1.165, 1.54) is 0 Å². The summed E-state index contributed by atoms with van der Waals surface area (Å²) in [5.41, 5.74) is 0. The van der Waals surface area contributed by atoms with Crippen LogP contribution in [-0.2, 0) is 20.7 Å². The Hall–Kier alpha value is -1.47. The molecule has 1 aromatic heterocycles. The third kappa shape index (κ3) is 4.25. The van der Waals surface area contributed by atoms with E-state index < -0.39 is 11.9 Å². The zero-order chi connectivity index (χ0) is 15.2. The van der Waals surface area contributed by atoms with E-state index in [9.17, 15) is 9.90 Å². The van der Waals surface area contributed by atoms with Gasteiger partial charge in [-0.15, -0.1) is 0 Å². The van der Waals surface area contributed by atoms with Crippen molar-refractivity contribution in [2.75, 3.05) is 26.9 Å². The number of rotatable bonds is 8. The third-order valence-electron chi connectivity index (χ3n) is 3.82. The van der Waals surface area contributed by atoms with Crippen LogP contribution in [0.5, 0.6) is 0 Å². The van der Waals surface area contributed by atoms with Crippen LogP contribution >= 0.6 is 0 Å². The van der Waals surface area contributed by atoms with Gasteiger partial charge in [-0.1, -0.05) is 12.1 Å². The number of aliphatic carboxylic acids is 1. The highest BCUT2D eigenvalue weighted by Gasteiger charge is 2.41. The molecule has 3 atom stereocenters. The maximum absolute atomic E-state index is 11.3. The lowest BCUT2D eigenvalue weighted by atomic mass is 9.96. The van der Waals surface area contributed by atoms with Gasteiger partial charge in [0.25, 0.3) is 0 Å². The Morgan fingerprint density at radius 1 is 1.38 bits per heavy atom. The first-order valence-corrected chi connectivity index (χ1v) is 7.23. The molecule has 7 heteroatoms. The van der Waals surface area contributed by atoms with Crippen molar-refractivity contribution < 1.29 is 23.9 Å². The number of carbonyl (C=O) groups is 1. The first-order valence-electron chi connectivity index (χ1n) is 7.23. The van der Waals surface area contributed by atoms with Gasteiger partial charge in [0, 0.05) is 13.5 Å². The van der Waals surface area contributed by atoms with Crippen LogP contribution in [-0.4, -0.2) is 48.1 Å². The van der Waals surface area contributed by atoms with Crippen molar-refractivity contribution in [3.05, 3.63) is 11.7 Å². The average Bonchev–Trinajstić information content (AvgIpc) is 3.05. The summed E-state index contributed by atoms with van der Waals surface area (Å²) in [7, 11) is 1.62. The molecule has 0 radical (unpaired) electrons. The van der Waals surface area contributed by atoms with Crippen molar-refractivity contribution in [1.29, 1.82) is 0 Å². The Kier molecular flexibility index (Phi) is 5.69. The molecule has 2 rings (SSSR count). The maximum Gasteiger partial charge on any atom is 0.307 e. The molecule has 1 fully saturated rings. The molecule has 1 aliphatic rings. The van der Waals surface area contributed by atoms with E-state index in [0.717, 1.165) is 6.42 Å². The molecule has 0 saturated heterocycles. The molecule has 7 nitrogen and oxygen atoms in total. The van der Waals surface area contributed by atoms with Crippen LogP contribution < -0.4 is 0 Å². The molecule has 1 N–H and O–H groups in total. The number of carboxylic acids is 1. The average molecular weight is 298 g/mol. The van der Waals surface area contributed by atoms with Crippen LogP contribution in [0, 0.1) is 11.8 Å². The fourth-order valence-corrected chi connectivity index (χ4v) is 2.76. The summed E-state index contributed by atoms with van der Waals surface area (Å²) >= 11 is 0. The first-order chi connectivity index (χ1) is 10.1. The molecule has 0 spiro atoms. The Labute approximate surface area is 123 Å². The van der Waals surface area contributed by atoms with Gasteiger partial charge in [0.15, 0.2) is 5.82 Å². The lowest BCUT2D eigenvalue weighted by Crippen LogP contribution is -2.17. The van der Waals surface area contributed by atoms with Crippen molar-refractivity contribution in [1.82, 2.24) is 10.1 Å². The highest BCUT2D eigenvalue weighted by molar-refractivity contribution is 5.71. The van der Waals surface area contributed by atoms with Crippen LogP contribution in [0.4, 0.5) is 0 Å². The first kappa shape index (κ1) is 15.9. The van der Waals surface area contributed by atoms with Gasteiger partial charge in [-0.2, -0.15) is 4.98 Å². The number of methoxy groups -OCH3 is 1. The topological polar surface area (TPSA) is 94.7 Å². The highest BCUT2D eigenvalue weighted by atomic mass is 16.5. The van der Waals surface area contributed by atoms with Crippen molar-refractivity contribution in [3.63, 3.8) is 0 Å². The van der Waals surface area contributed by atoms with E-state index in [1.54, 1.807) is 7.11 Å². The van der Waals surface area contributed by atoms with Crippen molar-refractivity contribution in [3.8, 4) is 0 Å². The van der Waals surface area contributed by atoms with Crippen LogP contribution in [0.3, 0.4) is 0 Å². The number of carboxylic acid groups (broad SMARTS) is 1. The zero-order valence-electron chi connectivity index (χ0n) is 12.4. The van der Waals surface area contributed by atoms with Crippen LogP contribution in [0.25, 0.3) is 0 Å². The van der Waals surface area contributed by atoms with Crippen molar-refractivity contribution >= 4 is 5.97 Å². The molecule has 1 saturated carbocycles. The van der Waals surface area contributed by atoms with Crippen molar-refractivity contribution in [2.24, 2.45) is 11.8 Å². The van der Waals surface area contributed by atoms with Gasteiger partial charge < -0.3 is 19.1 Å². The lowest BCUT2D eigenvalue weighted by Gasteiger charge is -2.09. The number of ether oxygens (including phenoxy) is 2. The van der Waals surface area contributed by atoms with Gasteiger partial charge in [-0.3, -0.25) is 4.79 Å². The van der Waals surface area contributed by atoms with E-state index in [-0.39, 0.29) is 5.92 Å². The smallest absolute Gasteiger partial charge is 0.307 e. The normalized spacial score (nSPS) is 25.3. The fraction of sp³-hybridized carbons (Fsp3) is 0.786. The largest absolute Gasteiger partial charge is 0.481 e. The minimum atomic E-state index is -0.785. The van der Waals surface area contributed by atoms with Crippen molar-refractivity contribution in [2.45, 2.75) is 32.1 Å². The molecule has 1 aromatic rings. The molecular weight excluding hydrogens is 276 g/mol. The third-order valence-corrected chi connectivity index (χ3v) is 3.82. The summed E-state index contributed by atoms with van der Waals surface area (Å²) in [6, 6.07) is 0. The second-order valence-electron chi connectivity index (χ2n) is 5.53. The SMILES string of the molecule is COCCOCCc1noc(C2CC(C)CC2C(=O)O)n1. The van der Waals surface area contributed by atoms with Gasteiger partial charge in [-0.25, -0.2) is 0 Å². The molecule has 118 valence electrons. The van der Waals surface area contributed by atoms with E-state index in [4.69, 9.17) is 14.0 Å². The molecule has 3 unspecified atom stereocenters. The van der Waals surface area contributed by atoms with Crippen LogP contribution in [0.15, 0.2) is 4.52 Å². The van der Waals surface area contributed by atoms with Gasteiger partial charge in [0.2, 0.25) is 5.89 Å². The standard InChI is InChI=1S/C14H22N2O5/c1-9-7-10(11(8-9)14(17)18)13-15-12(16-21-13)3-4-20-6-5-19-2/h9-11H,3-8H2,1-2H3,(H,17,18). The molecular formula is C14H22N2O5. The van der Waals surface area contributed by atoms with Gasteiger partial charge in [0.1, 0.15) is 0 Å². The van der Waals surface area contributed by atoms with E-state index in [2.05, 4.69) is 17.1 Å². The summed E-state index contributed by atoms with van der Waals surface area (Å²) < 4.78 is 15.5. The Balaban J connectivity index is 1.88. The second-order valence-corrected chi connectivity index (χ2v) is 5.53. The summed E-state index contributed by atoms with van der Waals surface area (Å²) in [6.45, 7) is 3.63. The minimum absolute atomic E-state index is 0.173. The summed E-state index contributed by atoms with van der Waals surface area (Å²) in [5, 5.41) is 13.2. The van der Waals surface area contributed by atoms with Crippen LogP contribution in [0.1, 0.15) is 37.4 Å². The highest BCUT2D eigenvalue weighted by Crippen LogP contribution is 2.42. The predicted octanol–water partition coefficient (Wildman–Crippen LogP) is 1.49. The lowest BCUT2D eigenvalue weighted by molar-refractivity contribution is -0.142. The van der Waals surface area contributed by atoms with Gasteiger partial charge in [-0.05, 0) is 18.8 Å². The molecule has 1 aliphatic carbocycles. The van der Waals surface area contributed by atoms with Crippen LogP contribution in [0.2, 0.25) is 0 Å². The minimum Gasteiger partial charge on any atom is -0.481 e. The monoisotopic (exact) mass is 298 g/mol. The fourth-order valence-electron chi connectivity index (χ4n) is 2.76. The van der Waals surface area contributed by atoms with Gasteiger partial charge >= 0.3 is 5.97 Å². The molecule has 0 aromatic carbocycles. The Morgan fingerprint density at radius 2 is 2.19 bits per heavy atom. The number of hydrogen-bond acceptors (Lipinski definition) is 6. The zero-order valence-corrected chi connectivity index (χ0v) is 12.4. The maximum atomic E-state index is 11.3. The molecule has 0 aliphatic heterocycles. The molecule has 21 heavy (non-hydrogen) atoms. The predicted molar refractivity (Wildman–Crippen MR) is 73.0 cm³/mol. The number of aromatic nitrogens is 2. The quantitative estimate of drug-likeness (QED) is 0.726. The number of nitrogens with zero attached hydrogens (tertiary/aromatic N) is 2. The summed E-state index contributed by atoms with van der Waals surface area (Å²) in [4.78, 5) is 15.6.